The second-order valence-corrected chi connectivity index (χ2v) is 7.77. The van der Waals surface area contributed by atoms with E-state index in [1.165, 1.54) is 6.92 Å². The van der Waals surface area contributed by atoms with E-state index in [0.717, 1.165) is 12.8 Å². The van der Waals surface area contributed by atoms with Gasteiger partial charge in [0.25, 0.3) is 0 Å². The van der Waals surface area contributed by atoms with Crippen LogP contribution in [0.4, 0.5) is 0 Å². The summed E-state index contributed by atoms with van der Waals surface area (Å²) < 4.78 is 27.1. The van der Waals surface area contributed by atoms with Crippen molar-refractivity contribution in [3.05, 3.63) is 0 Å². The summed E-state index contributed by atoms with van der Waals surface area (Å²) in [4.78, 5) is 36.3. The molecule has 10 nitrogen and oxygen atoms in total. The Morgan fingerprint density at radius 3 is 1.82 bits per heavy atom. The van der Waals surface area contributed by atoms with Crippen molar-refractivity contribution in [1.29, 1.82) is 0 Å². The van der Waals surface area contributed by atoms with Crippen molar-refractivity contribution in [2.24, 2.45) is 0 Å². The summed E-state index contributed by atoms with van der Waals surface area (Å²) >= 11 is 0. The van der Waals surface area contributed by atoms with Gasteiger partial charge in [0.15, 0.2) is 0 Å². The molecule has 10 heteroatoms. The number of nitrogens with zero attached hydrogens (tertiary/aromatic N) is 1. The van der Waals surface area contributed by atoms with Gasteiger partial charge in [-0.25, -0.2) is 0 Å². The van der Waals surface area contributed by atoms with Crippen molar-refractivity contribution in [3.63, 3.8) is 0 Å². The van der Waals surface area contributed by atoms with Crippen LogP contribution in [0, 0.1) is 0 Å². The number of nitrogens with one attached hydrogen (secondary N) is 1. The zero-order valence-corrected chi connectivity index (χ0v) is 21.4. The van der Waals surface area contributed by atoms with E-state index in [0.29, 0.717) is 98.5 Å². The van der Waals surface area contributed by atoms with Crippen LogP contribution in [0.5, 0.6) is 0 Å². The molecule has 0 saturated carbocycles. The lowest BCUT2D eigenvalue weighted by Crippen LogP contribution is -2.36. The molecule has 0 aromatic rings. The first-order valence-corrected chi connectivity index (χ1v) is 12.4. The standard InChI is InChI=1S/C24H46N2O8/c1-4-30-16-17-33-20-21-34-19-18-32-14-9-24(29)26(11-6-5-10-25-23(3)28)12-15-31-13-7-8-22(2)27/h4-21H2,1-3H3,(H,25,28). The summed E-state index contributed by atoms with van der Waals surface area (Å²) in [6, 6.07) is 0. The molecular weight excluding hydrogens is 444 g/mol. The molecule has 200 valence electrons. The van der Waals surface area contributed by atoms with Gasteiger partial charge in [-0.2, -0.15) is 0 Å². The van der Waals surface area contributed by atoms with Gasteiger partial charge in [-0.15, -0.1) is 0 Å². The number of carbonyl (C=O) groups excluding carboxylic acids is 3. The van der Waals surface area contributed by atoms with Gasteiger partial charge in [0.2, 0.25) is 11.8 Å². The summed E-state index contributed by atoms with van der Waals surface area (Å²) in [6.07, 6.45) is 3.07. The van der Waals surface area contributed by atoms with Gasteiger partial charge >= 0.3 is 0 Å². The lowest BCUT2D eigenvalue weighted by atomic mass is 10.2. The Labute approximate surface area is 204 Å². The molecule has 2 amide bonds. The molecule has 0 radical (unpaired) electrons. The largest absolute Gasteiger partial charge is 0.380 e. The highest BCUT2D eigenvalue weighted by molar-refractivity contribution is 5.76. The van der Waals surface area contributed by atoms with Crippen LogP contribution in [0.2, 0.25) is 0 Å². The quantitative estimate of drug-likeness (QED) is 0.192. The minimum absolute atomic E-state index is 0.00970. The second kappa shape index (κ2) is 24.5. The highest BCUT2D eigenvalue weighted by atomic mass is 16.6. The van der Waals surface area contributed by atoms with Gasteiger partial charge in [0.05, 0.1) is 59.3 Å². The van der Waals surface area contributed by atoms with Gasteiger partial charge in [-0.3, -0.25) is 9.59 Å². The summed E-state index contributed by atoms with van der Waals surface area (Å²) in [6.45, 7) is 11.7. The van der Waals surface area contributed by atoms with Gasteiger partial charge in [-0.05, 0) is 33.1 Å². The van der Waals surface area contributed by atoms with E-state index >= 15 is 0 Å². The van der Waals surface area contributed by atoms with Gasteiger partial charge < -0.3 is 38.7 Å². The number of carbonyl (C=O) groups is 3. The van der Waals surface area contributed by atoms with Crippen LogP contribution in [0.3, 0.4) is 0 Å². The van der Waals surface area contributed by atoms with Crippen LogP contribution < -0.4 is 5.32 Å². The van der Waals surface area contributed by atoms with Crippen molar-refractivity contribution in [1.82, 2.24) is 10.2 Å². The molecule has 0 aliphatic heterocycles. The molecule has 1 N–H and O–H groups in total. The van der Waals surface area contributed by atoms with E-state index in [1.54, 1.807) is 11.8 Å². The third-order valence-corrected chi connectivity index (χ3v) is 4.68. The van der Waals surface area contributed by atoms with E-state index in [-0.39, 0.29) is 24.0 Å². The van der Waals surface area contributed by atoms with Crippen LogP contribution in [0.1, 0.15) is 52.9 Å². The summed E-state index contributed by atoms with van der Waals surface area (Å²) in [5.74, 6) is 0.105. The lowest BCUT2D eigenvalue weighted by Gasteiger charge is -2.23. The number of hydrogen-bond donors (Lipinski definition) is 1. The Morgan fingerprint density at radius 2 is 1.24 bits per heavy atom. The monoisotopic (exact) mass is 490 g/mol. The lowest BCUT2D eigenvalue weighted by molar-refractivity contribution is -0.133. The van der Waals surface area contributed by atoms with E-state index in [2.05, 4.69) is 5.32 Å². The number of Topliss-reactive ketones (excluding diaryl/α,β-unsaturated/α-hetero) is 1. The average molecular weight is 491 g/mol. The van der Waals surface area contributed by atoms with Crippen molar-refractivity contribution in [2.45, 2.75) is 52.9 Å². The molecule has 0 aromatic carbocycles. The van der Waals surface area contributed by atoms with E-state index in [1.807, 2.05) is 6.92 Å². The molecule has 0 heterocycles. The van der Waals surface area contributed by atoms with Gasteiger partial charge in [0, 0.05) is 46.2 Å². The molecule has 0 aliphatic rings. The molecule has 0 aliphatic carbocycles. The van der Waals surface area contributed by atoms with E-state index in [9.17, 15) is 14.4 Å². The minimum atomic E-state index is -0.0536. The molecule has 0 saturated heterocycles. The number of hydrogen-bond acceptors (Lipinski definition) is 8. The molecule has 34 heavy (non-hydrogen) atoms. The molecule has 0 bridgehead atoms. The first-order chi connectivity index (χ1) is 16.5. The molecule has 0 atom stereocenters. The number of ketones is 1. The number of unbranched alkanes of at least 4 members (excludes halogenated alkanes) is 1. The van der Waals surface area contributed by atoms with Crippen LogP contribution in [-0.2, 0) is 38.1 Å². The van der Waals surface area contributed by atoms with Crippen LogP contribution in [-0.4, -0.2) is 108 Å². The number of rotatable bonds is 25. The molecule has 0 spiro atoms. The molecule has 0 rings (SSSR count). The SMILES string of the molecule is CCOCCOCCOCCOCCC(=O)N(CCCCNC(C)=O)CCOCCCC(C)=O. The van der Waals surface area contributed by atoms with E-state index < -0.39 is 0 Å². The van der Waals surface area contributed by atoms with Crippen molar-refractivity contribution in [3.8, 4) is 0 Å². The maximum Gasteiger partial charge on any atom is 0.224 e. The van der Waals surface area contributed by atoms with Crippen LogP contribution >= 0.6 is 0 Å². The normalized spacial score (nSPS) is 10.9. The molecular formula is C24H46N2O8. The van der Waals surface area contributed by atoms with Crippen molar-refractivity contribution >= 4 is 17.6 Å². The zero-order chi connectivity index (χ0) is 25.3. The first-order valence-electron chi connectivity index (χ1n) is 12.4. The fourth-order valence-electron chi connectivity index (χ4n) is 2.87. The first kappa shape index (κ1) is 32.4. The zero-order valence-electron chi connectivity index (χ0n) is 21.4. The third kappa shape index (κ3) is 23.6. The Morgan fingerprint density at radius 1 is 0.647 bits per heavy atom. The number of ether oxygens (including phenoxy) is 5. The Bertz CT molecular complexity index is 519. The third-order valence-electron chi connectivity index (χ3n) is 4.68. The average Bonchev–Trinajstić information content (AvgIpc) is 2.79. The predicted molar refractivity (Wildman–Crippen MR) is 129 cm³/mol. The fraction of sp³-hybridized carbons (Fsp3) is 0.875. The summed E-state index contributed by atoms with van der Waals surface area (Å²) in [5.41, 5.74) is 0. The van der Waals surface area contributed by atoms with Gasteiger partial charge in [-0.1, -0.05) is 0 Å². The van der Waals surface area contributed by atoms with Crippen molar-refractivity contribution < 1.29 is 38.1 Å². The molecule has 0 fully saturated rings. The van der Waals surface area contributed by atoms with Crippen molar-refractivity contribution in [2.75, 3.05) is 85.7 Å². The smallest absolute Gasteiger partial charge is 0.224 e. The van der Waals surface area contributed by atoms with Crippen LogP contribution in [0.25, 0.3) is 0 Å². The van der Waals surface area contributed by atoms with E-state index in [4.69, 9.17) is 23.7 Å². The Balaban J connectivity index is 3.98. The second-order valence-electron chi connectivity index (χ2n) is 7.77. The maximum atomic E-state index is 12.6. The minimum Gasteiger partial charge on any atom is -0.380 e. The predicted octanol–water partition coefficient (Wildman–Crippen LogP) is 1.59. The fourth-order valence-corrected chi connectivity index (χ4v) is 2.87. The Hall–Kier alpha value is -1.59. The molecule has 0 aromatic heterocycles. The highest BCUT2D eigenvalue weighted by Gasteiger charge is 2.13. The number of amides is 2. The highest BCUT2D eigenvalue weighted by Crippen LogP contribution is 2.01. The summed E-state index contributed by atoms with van der Waals surface area (Å²) in [7, 11) is 0. The maximum absolute atomic E-state index is 12.6. The van der Waals surface area contributed by atoms with Crippen LogP contribution in [0.15, 0.2) is 0 Å². The Kier molecular flexibility index (Phi) is 23.4. The van der Waals surface area contributed by atoms with Gasteiger partial charge in [0.1, 0.15) is 5.78 Å². The molecule has 0 unspecified atom stereocenters. The topological polar surface area (TPSA) is 113 Å². The summed E-state index contributed by atoms with van der Waals surface area (Å²) in [5, 5.41) is 2.76.